The number of nitrogens with zero attached hydrogens (tertiary/aromatic N) is 2. The number of benzene rings is 2. The van der Waals surface area contributed by atoms with E-state index in [1.165, 1.54) is 12.8 Å². The lowest BCUT2D eigenvalue weighted by Gasteiger charge is -2.28. The molecule has 0 saturated carbocycles. The second kappa shape index (κ2) is 12.2. The molecule has 1 aliphatic rings. The first-order valence-electron chi connectivity index (χ1n) is 12.1. The standard InChI is InChI=1S/C28H33N3O4/c1-3-34-27-17-23(11-12-26(27)35-20-21-8-7-13-29-18-21)28(32)30-19-25(31-14-4-5-15-31)22-9-6-10-24(16-22)33-2/h6-13,16-18,25H,3-5,14-15,19-20H2,1-2H3,(H,30,32). The molecule has 3 aromatic rings. The molecule has 1 N–H and O–H groups in total. The Bertz CT molecular complexity index is 1100. The van der Waals surface area contributed by atoms with E-state index in [1.54, 1.807) is 37.7 Å². The smallest absolute Gasteiger partial charge is 0.251 e. The number of pyridine rings is 1. The van der Waals surface area contributed by atoms with E-state index in [2.05, 4.69) is 27.3 Å². The third-order valence-electron chi connectivity index (χ3n) is 6.14. The van der Waals surface area contributed by atoms with Gasteiger partial charge in [-0.05, 0) is 74.8 Å². The summed E-state index contributed by atoms with van der Waals surface area (Å²) < 4.78 is 17.1. The van der Waals surface area contributed by atoms with Gasteiger partial charge in [-0.25, -0.2) is 0 Å². The van der Waals surface area contributed by atoms with Crippen LogP contribution in [-0.2, 0) is 6.61 Å². The zero-order valence-corrected chi connectivity index (χ0v) is 20.4. The lowest BCUT2D eigenvalue weighted by molar-refractivity contribution is 0.0937. The minimum Gasteiger partial charge on any atom is -0.497 e. The Hall–Kier alpha value is -3.58. The first-order chi connectivity index (χ1) is 17.2. The van der Waals surface area contributed by atoms with Gasteiger partial charge in [0.2, 0.25) is 0 Å². The van der Waals surface area contributed by atoms with Crippen LogP contribution in [0.5, 0.6) is 17.2 Å². The topological polar surface area (TPSA) is 72.9 Å². The molecule has 1 fully saturated rings. The molecule has 2 aromatic carbocycles. The quantitative estimate of drug-likeness (QED) is 0.436. The van der Waals surface area contributed by atoms with Gasteiger partial charge in [-0.3, -0.25) is 14.7 Å². The molecule has 2 heterocycles. The van der Waals surface area contributed by atoms with Crippen LogP contribution in [0.15, 0.2) is 67.0 Å². The average Bonchev–Trinajstić information content (AvgIpc) is 3.43. The van der Waals surface area contributed by atoms with Crippen LogP contribution in [0, 0.1) is 0 Å². The molecule has 7 nitrogen and oxygen atoms in total. The predicted octanol–water partition coefficient (Wildman–Crippen LogP) is 4.63. The van der Waals surface area contributed by atoms with Crippen molar-refractivity contribution in [3.8, 4) is 17.2 Å². The molecule has 1 aromatic heterocycles. The van der Waals surface area contributed by atoms with Crippen molar-refractivity contribution in [3.05, 3.63) is 83.7 Å². The highest BCUT2D eigenvalue weighted by Gasteiger charge is 2.24. The summed E-state index contributed by atoms with van der Waals surface area (Å²) in [5.74, 6) is 1.82. The van der Waals surface area contributed by atoms with E-state index in [-0.39, 0.29) is 11.9 Å². The van der Waals surface area contributed by atoms with Crippen LogP contribution in [0.1, 0.15) is 47.3 Å². The van der Waals surface area contributed by atoms with Crippen molar-refractivity contribution in [1.29, 1.82) is 0 Å². The number of nitrogens with one attached hydrogen (secondary N) is 1. The van der Waals surface area contributed by atoms with E-state index >= 15 is 0 Å². The van der Waals surface area contributed by atoms with E-state index in [9.17, 15) is 4.79 Å². The molecule has 1 saturated heterocycles. The number of likely N-dealkylation sites (tertiary alicyclic amines) is 1. The van der Waals surface area contributed by atoms with Crippen molar-refractivity contribution >= 4 is 5.91 Å². The van der Waals surface area contributed by atoms with Gasteiger partial charge in [0.1, 0.15) is 12.4 Å². The summed E-state index contributed by atoms with van der Waals surface area (Å²) in [5.41, 5.74) is 2.64. The molecule has 7 heteroatoms. The third kappa shape index (κ3) is 6.51. The van der Waals surface area contributed by atoms with Gasteiger partial charge < -0.3 is 19.5 Å². The normalized spacial score (nSPS) is 14.3. The Balaban J connectivity index is 1.45. The molecule has 0 radical (unpaired) electrons. The molecule has 0 spiro atoms. The van der Waals surface area contributed by atoms with Gasteiger partial charge in [0.15, 0.2) is 11.5 Å². The van der Waals surface area contributed by atoms with Gasteiger partial charge in [0.05, 0.1) is 19.8 Å². The van der Waals surface area contributed by atoms with Crippen molar-refractivity contribution < 1.29 is 19.0 Å². The maximum atomic E-state index is 13.1. The molecule has 1 unspecified atom stereocenters. The molecular formula is C28H33N3O4. The summed E-state index contributed by atoms with van der Waals surface area (Å²) in [6.45, 7) is 5.31. The number of hydrogen-bond acceptors (Lipinski definition) is 6. The van der Waals surface area contributed by atoms with Crippen LogP contribution in [0.2, 0.25) is 0 Å². The summed E-state index contributed by atoms with van der Waals surface area (Å²) >= 11 is 0. The summed E-state index contributed by atoms with van der Waals surface area (Å²) in [4.78, 5) is 19.6. The van der Waals surface area contributed by atoms with E-state index in [4.69, 9.17) is 14.2 Å². The molecule has 1 amide bonds. The van der Waals surface area contributed by atoms with E-state index in [1.807, 2.05) is 31.2 Å². The zero-order valence-electron chi connectivity index (χ0n) is 20.4. The Morgan fingerprint density at radius 2 is 1.91 bits per heavy atom. The SMILES string of the molecule is CCOc1cc(C(=O)NCC(c2cccc(OC)c2)N2CCCC2)ccc1OCc1cccnc1. The number of methoxy groups -OCH3 is 1. The highest BCUT2D eigenvalue weighted by atomic mass is 16.5. The summed E-state index contributed by atoms with van der Waals surface area (Å²) in [6, 6.07) is 17.3. The molecular weight excluding hydrogens is 442 g/mol. The fraction of sp³-hybridized carbons (Fsp3) is 0.357. The minimum atomic E-state index is -0.142. The van der Waals surface area contributed by atoms with Crippen molar-refractivity contribution in [3.63, 3.8) is 0 Å². The van der Waals surface area contributed by atoms with Gasteiger partial charge in [-0.2, -0.15) is 0 Å². The van der Waals surface area contributed by atoms with E-state index in [0.29, 0.717) is 36.8 Å². The minimum absolute atomic E-state index is 0.0880. The number of aromatic nitrogens is 1. The molecule has 1 atom stereocenters. The van der Waals surface area contributed by atoms with Crippen LogP contribution in [0.25, 0.3) is 0 Å². The summed E-state index contributed by atoms with van der Waals surface area (Å²) in [6.07, 6.45) is 5.84. The number of rotatable bonds is 11. The third-order valence-corrected chi connectivity index (χ3v) is 6.14. The Morgan fingerprint density at radius 3 is 2.66 bits per heavy atom. The van der Waals surface area contributed by atoms with Gasteiger partial charge in [-0.1, -0.05) is 18.2 Å². The number of hydrogen-bond donors (Lipinski definition) is 1. The summed E-state index contributed by atoms with van der Waals surface area (Å²) in [5, 5.41) is 3.13. The van der Waals surface area contributed by atoms with Crippen molar-refractivity contribution in [1.82, 2.24) is 15.2 Å². The number of ether oxygens (including phenoxy) is 3. The number of carbonyl (C=O) groups excluding carboxylic acids is 1. The molecule has 184 valence electrons. The molecule has 0 bridgehead atoms. The van der Waals surface area contributed by atoms with Crippen molar-refractivity contribution in [2.45, 2.75) is 32.4 Å². The van der Waals surface area contributed by atoms with Crippen LogP contribution in [0.4, 0.5) is 0 Å². The lowest BCUT2D eigenvalue weighted by atomic mass is 10.0. The maximum absolute atomic E-state index is 13.1. The monoisotopic (exact) mass is 475 g/mol. The Morgan fingerprint density at radius 1 is 1.06 bits per heavy atom. The van der Waals surface area contributed by atoms with Crippen LogP contribution in [0.3, 0.4) is 0 Å². The van der Waals surface area contributed by atoms with Crippen LogP contribution >= 0.6 is 0 Å². The van der Waals surface area contributed by atoms with E-state index in [0.717, 1.165) is 30.0 Å². The largest absolute Gasteiger partial charge is 0.497 e. The molecule has 1 aliphatic heterocycles. The Kier molecular flexibility index (Phi) is 8.57. The number of amides is 1. The van der Waals surface area contributed by atoms with E-state index < -0.39 is 0 Å². The highest BCUT2D eigenvalue weighted by molar-refractivity contribution is 5.94. The Labute approximate surface area is 207 Å². The number of carbonyl (C=O) groups is 1. The van der Waals surface area contributed by atoms with Crippen molar-refractivity contribution in [2.24, 2.45) is 0 Å². The van der Waals surface area contributed by atoms with Gasteiger partial charge in [0, 0.05) is 30.1 Å². The van der Waals surface area contributed by atoms with Crippen molar-refractivity contribution in [2.75, 3.05) is 33.4 Å². The van der Waals surface area contributed by atoms with Gasteiger partial charge in [-0.15, -0.1) is 0 Å². The molecule has 35 heavy (non-hydrogen) atoms. The van der Waals surface area contributed by atoms with Crippen LogP contribution in [-0.4, -0.2) is 49.1 Å². The van der Waals surface area contributed by atoms with Gasteiger partial charge in [0.25, 0.3) is 5.91 Å². The van der Waals surface area contributed by atoms with Crippen LogP contribution < -0.4 is 19.5 Å². The van der Waals surface area contributed by atoms with Gasteiger partial charge >= 0.3 is 0 Å². The fourth-order valence-electron chi connectivity index (χ4n) is 4.33. The first kappa shape index (κ1) is 24.5. The summed E-state index contributed by atoms with van der Waals surface area (Å²) in [7, 11) is 1.67. The second-order valence-corrected chi connectivity index (χ2v) is 8.49. The predicted molar refractivity (Wildman–Crippen MR) is 135 cm³/mol. The fourth-order valence-corrected chi connectivity index (χ4v) is 4.33. The second-order valence-electron chi connectivity index (χ2n) is 8.49. The zero-order chi connectivity index (χ0) is 24.5. The molecule has 4 rings (SSSR count). The highest BCUT2D eigenvalue weighted by Crippen LogP contribution is 2.30. The first-order valence-corrected chi connectivity index (χ1v) is 12.1. The average molecular weight is 476 g/mol. The molecule has 0 aliphatic carbocycles. The maximum Gasteiger partial charge on any atom is 0.251 e. The lowest BCUT2D eigenvalue weighted by Crippen LogP contribution is -2.36.